The van der Waals surface area contributed by atoms with E-state index in [2.05, 4.69) is 21.2 Å². The van der Waals surface area contributed by atoms with Crippen molar-refractivity contribution in [2.75, 3.05) is 18.5 Å². The molecule has 0 aliphatic carbocycles. The van der Waals surface area contributed by atoms with Crippen molar-refractivity contribution in [3.05, 3.63) is 96.8 Å². The topological polar surface area (TPSA) is 102 Å². The van der Waals surface area contributed by atoms with Gasteiger partial charge in [-0.2, -0.15) is 0 Å². The van der Waals surface area contributed by atoms with Crippen LogP contribution >= 0.6 is 50.9 Å². The lowest BCUT2D eigenvalue weighted by Gasteiger charge is -2.13. The van der Waals surface area contributed by atoms with Gasteiger partial charge in [-0.3, -0.25) is 19.3 Å². The molecule has 8 nitrogen and oxygen atoms in total. The molecule has 3 aromatic carbocycles. The molecule has 1 N–H and O–H groups in total. The van der Waals surface area contributed by atoms with Crippen LogP contribution in [0.5, 0.6) is 5.75 Å². The van der Waals surface area contributed by atoms with Crippen molar-refractivity contribution in [2.24, 2.45) is 0 Å². The lowest BCUT2D eigenvalue weighted by Crippen LogP contribution is -2.36. The third-order valence-electron chi connectivity index (χ3n) is 5.64. The summed E-state index contributed by atoms with van der Waals surface area (Å²) in [6.07, 6.45) is 2.22. The van der Waals surface area contributed by atoms with E-state index in [9.17, 15) is 19.2 Å². The molecular weight excluding hydrogens is 655 g/mol. The maximum atomic E-state index is 12.9. The molecule has 0 spiro atoms. The highest BCUT2D eigenvalue weighted by atomic mass is 79.9. The summed E-state index contributed by atoms with van der Waals surface area (Å²) < 4.78 is 11.6. The van der Waals surface area contributed by atoms with Gasteiger partial charge in [0.15, 0.2) is 0 Å². The van der Waals surface area contributed by atoms with Crippen molar-refractivity contribution >= 4 is 85.7 Å². The molecule has 0 saturated carbocycles. The van der Waals surface area contributed by atoms with E-state index in [0.717, 1.165) is 22.2 Å². The Kier molecular flexibility index (Phi) is 10.5. The fourth-order valence-corrected chi connectivity index (χ4v) is 5.30. The number of ether oxygens (including phenoxy) is 2. The van der Waals surface area contributed by atoms with Crippen molar-refractivity contribution < 1.29 is 28.7 Å². The average molecular weight is 678 g/mol. The predicted octanol–water partition coefficient (Wildman–Crippen LogP) is 7.58. The molecule has 1 aliphatic heterocycles. The third kappa shape index (κ3) is 8.13. The zero-order valence-corrected chi connectivity index (χ0v) is 25.5. The number of hydrogen-bond acceptors (Lipinski definition) is 7. The lowest BCUT2D eigenvalue weighted by atomic mass is 10.2. The van der Waals surface area contributed by atoms with Crippen LogP contribution in [0.3, 0.4) is 0 Å². The van der Waals surface area contributed by atoms with Gasteiger partial charge < -0.3 is 14.8 Å². The number of carbonyl (C=O) groups is 4. The summed E-state index contributed by atoms with van der Waals surface area (Å²) in [4.78, 5) is 51.4. The van der Waals surface area contributed by atoms with Gasteiger partial charge in [0.1, 0.15) is 18.9 Å². The number of benzene rings is 3. The smallest absolute Gasteiger partial charge is 0.339 e. The molecule has 1 heterocycles. The standard InChI is InChI=1S/C29H23BrCl2N2O6S/c1-2-11-39-28(37)21-14-20(8-9-23(21)32)33-26(35)15-34-27(36)25(41-29(34)38)13-18-5-10-24(22(30)12-18)40-16-17-3-6-19(31)7-4-17/h3-10,12-14H,2,11,15-16H2,1H3,(H,33,35)/b25-13+. The molecule has 1 aliphatic rings. The number of anilines is 1. The number of nitrogens with zero attached hydrogens (tertiary/aromatic N) is 1. The van der Waals surface area contributed by atoms with Crippen LogP contribution in [0, 0.1) is 0 Å². The summed E-state index contributed by atoms with van der Waals surface area (Å²) in [5, 5.41) is 2.83. The number of thioether (sulfide) groups is 1. The Hall–Kier alpha value is -3.31. The zero-order chi connectivity index (χ0) is 29.5. The minimum absolute atomic E-state index is 0.0968. The maximum Gasteiger partial charge on any atom is 0.339 e. The van der Waals surface area contributed by atoms with Crippen molar-refractivity contribution in [3.63, 3.8) is 0 Å². The first-order valence-electron chi connectivity index (χ1n) is 12.3. The largest absolute Gasteiger partial charge is 0.488 e. The zero-order valence-electron chi connectivity index (χ0n) is 21.6. The van der Waals surface area contributed by atoms with Crippen LogP contribution in [0.2, 0.25) is 10.0 Å². The predicted molar refractivity (Wildman–Crippen MR) is 163 cm³/mol. The van der Waals surface area contributed by atoms with Gasteiger partial charge in [-0.25, -0.2) is 4.79 Å². The molecule has 212 valence electrons. The van der Waals surface area contributed by atoms with E-state index in [1.54, 1.807) is 36.4 Å². The van der Waals surface area contributed by atoms with Gasteiger partial charge in [-0.15, -0.1) is 0 Å². The average Bonchev–Trinajstić information content (AvgIpc) is 3.20. The Morgan fingerprint density at radius 3 is 2.51 bits per heavy atom. The van der Waals surface area contributed by atoms with Gasteiger partial charge in [0.25, 0.3) is 11.1 Å². The van der Waals surface area contributed by atoms with E-state index in [-0.39, 0.29) is 27.8 Å². The quantitative estimate of drug-likeness (QED) is 0.174. The van der Waals surface area contributed by atoms with E-state index in [0.29, 0.717) is 33.8 Å². The number of nitrogens with one attached hydrogen (secondary N) is 1. The van der Waals surface area contributed by atoms with E-state index in [4.69, 9.17) is 32.7 Å². The Bertz CT molecular complexity index is 1530. The van der Waals surface area contributed by atoms with E-state index < -0.39 is 29.6 Å². The molecule has 0 radical (unpaired) electrons. The molecule has 3 amide bonds. The van der Waals surface area contributed by atoms with Crippen molar-refractivity contribution in [1.82, 2.24) is 4.90 Å². The van der Waals surface area contributed by atoms with E-state index in [1.807, 2.05) is 19.1 Å². The molecule has 1 fully saturated rings. The number of amides is 3. The fourth-order valence-electron chi connectivity index (χ4n) is 3.63. The summed E-state index contributed by atoms with van der Waals surface area (Å²) in [6.45, 7) is 1.94. The van der Waals surface area contributed by atoms with Crippen LogP contribution in [0.4, 0.5) is 10.5 Å². The second kappa shape index (κ2) is 14.0. The minimum Gasteiger partial charge on any atom is -0.488 e. The molecule has 0 bridgehead atoms. The van der Waals surface area contributed by atoms with Gasteiger partial charge in [0, 0.05) is 10.7 Å². The molecule has 3 aromatic rings. The number of rotatable bonds is 10. The second-order valence-electron chi connectivity index (χ2n) is 8.75. The Balaban J connectivity index is 1.38. The first-order valence-corrected chi connectivity index (χ1v) is 14.7. The number of esters is 1. The highest BCUT2D eigenvalue weighted by Gasteiger charge is 2.36. The molecule has 0 unspecified atom stereocenters. The van der Waals surface area contributed by atoms with Crippen LogP contribution in [0.15, 0.2) is 70.0 Å². The van der Waals surface area contributed by atoms with Crippen LogP contribution in [0.1, 0.15) is 34.8 Å². The maximum absolute atomic E-state index is 12.9. The second-order valence-corrected chi connectivity index (χ2v) is 11.4. The number of hydrogen-bond donors (Lipinski definition) is 1. The normalized spacial score (nSPS) is 14.0. The van der Waals surface area contributed by atoms with Crippen LogP contribution in [-0.4, -0.2) is 41.1 Å². The van der Waals surface area contributed by atoms with E-state index in [1.165, 1.54) is 18.2 Å². The summed E-state index contributed by atoms with van der Waals surface area (Å²) in [7, 11) is 0. The number of halogens is 3. The molecule has 41 heavy (non-hydrogen) atoms. The van der Waals surface area contributed by atoms with Gasteiger partial charge in [-0.1, -0.05) is 48.3 Å². The third-order valence-corrected chi connectivity index (χ3v) is 7.75. The first kappa shape index (κ1) is 30.6. The number of imide groups is 1. The highest BCUT2D eigenvalue weighted by molar-refractivity contribution is 9.10. The fraction of sp³-hybridized carbons (Fsp3) is 0.172. The monoisotopic (exact) mass is 676 g/mol. The summed E-state index contributed by atoms with van der Waals surface area (Å²) in [6, 6.07) is 16.9. The van der Waals surface area contributed by atoms with E-state index >= 15 is 0 Å². The van der Waals surface area contributed by atoms with Crippen LogP contribution in [-0.2, 0) is 20.9 Å². The van der Waals surface area contributed by atoms with Crippen molar-refractivity contribution in [1.29, 1.82) is 0 Å². The highest BCUT2D eigenvalue weighted by Crippen LogP contribution is 2.34. The molecule has 1 saturated heterocycles. The van der Waals surface area contributed by atoms with Crippen molar-refractivity contribution in [2.45, 2.75) is 20.0 Å². The van der Waals surface area contributed by atoms with Gasteiger partial charge in [0.05, 0.1) is 26.6 Å². The molecule has 12 heteroatoms. The Morgan fingerprint density at radius 1 is 1.05 bits per heavy atom. The summed E-state index contributed by atoms with van der Waals surface area (Å²) >= 11 is 16.2. The minimum atomic E-state index is -0.617. The number of carbonyl (C=O) groups excluding carboxylic acids is 4. The molecule has 4 rings (SSSR count). The van der Waals surface area contributed by atoms with Gasteiger partial charge >= 0.3 is 5.97 Å². The summed E-state index contributed by atoms with van der Waals surface area (Å²) in [5.41, 5.74) is 1.98. The van der Waals surface area contributed by atoms with Crippen LogP contribution < -0.4 is 10.1 Å². The molecule has 0 aromatic heterocycles. The molecular formula is C29H23BrCl2N2O6S. The lowest BCUT2D eigenvalue weighted by molar-refractivity contribution is -0.127. The Labute approximate surface area is 259 Å². The Morgan fingerprint density at radius 2 is 1.80 bits per heavy atom. The SMILES string of the molecule is CCCOC(=O)c1cc(NC(=O)CN2C(=O)S/C(=C/c3ccc(OCc4ccc(Cl)cc4)c(Br)c3)C2=O)ccc1Cl. The van der Waals surface area contributed by atoms with Gasteiger partial charge in [0.2, 0.25) is 5.91 Å². The summed E-state index contributed by atoms with van der Waals surface area (Å²) in [5.74, 6) is -1.22. The first-order chi connectivity index (χ1) is 19.6. The van der Waals surface area contributed by atoms with Gasteiger partial charge in [-0.05, 0) is 93.8 Å². The van der Waals surface area contributed by atoms with Crippen LogP contribution in [0.25, 0.3) is 6.08 Å². The molecule has 0 atom stereocenters. The van der Waals surface area contributed by atoms with Crippen molar-refractivity contribution in [3.8, 4) is 5.75 Å².